The Hall–Kier alpha value is -2.24. The molecule has 1 saturated carbocycles. The Balaban J connectivity index is 1.93. The minimum atomic E-state index is -0.699. The second-order valence-corrected chi connectivity index (χ2v) is 7.11. The molecule has 2 atom stereocenters. The molecule has 0 aromatic carbocycles. The van der Waals surface area contributed by atoms with Gasteiger partial charge in [0.25, 0.3) is 23.6 Å². The van der Waals surface area contributed by atoms with Gasteiger partial charge in [-0.1, -0.05) is 13.8 Å². The van der Waals surface area contributed by atoms with Crippen molar-refractivity contribution >= 4 is 23.6 Å². The van der Waals surface area contributed by atoms with E-state index in [1.807, 2.05) is 20.8 Å². The first-order valence-electron chi connectivity index (χ1n) is 7.27. The second-order valence-electron chi connectivity index (χ2n) is 7.11. The van der Waals surface area contributed by atoms with Gasteiger partial charge in [0.15, 0.2) is 0 Å². The molecule has 0 aromatic heterocycles. The lowest BCUT2D eigenvalue weighted by atomic mass is 9.85. The van der Waals surface area contributed by atoms with E-state index in [0.717, 1.165) is 0 Å². The number of rotatable bonds is 2. The molecule has 2 aliphatic heterocycles. The summed E-state index contributed by atoms with van der Waals surface area (Å²) < 4.78 is 0. The van der Waals surface area contributed by atoms with Crippen molar-refractivity contribution in [1.82, 2.24) is 9.80 Å². The van der Waals surface area contributed by atoms with Gasteiger partial charge in [0.2, 0.25) is 0 Å². The van der Waals surface area contributed by atoms with Gasteiger partial charge < -0.3 is 0 Å². The molecule has 3 aliphatic rings. The SMILES string of the molecule is CC1(C)CC(C)(N2C(=O)C=CC2=O)CC1N1C(=O)C=CC1=O. The fraction of sp³-hybridized carbons (Fsp3) is 0.500. The van der Waals surface area contributed by atoms with Crippen LogP contribution < -0.4 is 0 Å². The molecule has 6 nitrogen and oxygen atoms in total. The zero-order valence-electron chi connectivity index (χ0n) is 12.8. The number of nitrogens with zero attached hydrogens (tertiary/aromatic N) is 2. The van der Waals surface area contributed by atoms with Crippen LogP contribution in [0.5, 0.6) is 0 Å². The van der Waals surface area contributed by atoms with Crippen LogP contribution in [0.2, 0.25) is 0 Å². The zero-order valence-corrected chi connectivity index (χ0v) is 12.8. The molecule has 0 spiro atoms. The summed E-state index contributed by atoms with van der Waals surface area (Å²) in [7, 11) is 0. The standard InChI is InChI=1S/C16H18N2O4/c1-15(2)9-16(3,18-13(21)6-7-14(18)22)8-10(15)17-11(19)4-5-12(17)20/h4-7,10H,8-9H2,1-3H3. The Kier molecular flexibility index (Phi) is 2.92. The van der Waals surface area contributed by atoms with Crippen LogP contribution in [-0.4, -0.2) is 45.0 Å². The summed E-state index contributed by atoms with van der Waals surface area (Å²) in [6, 6.07) is -0.339. The number of carbonyl (C=O) groups excluding carboxylic acids is 4. The average Bonchev–Trinajstić information content (AvgIpc) is 2.97. The van der Waals surface area contributed by atoms with Gasteiger partial charge in [-0.25, -0.2) is 0 Å². The van der Waals surface area contributed by atoms with E-state index in [2.05, 4.69) is 0 Å². The normalized spacial score (nSPS) is 33.7. The molecule has 1 fully saturated rings. The van der Waals surface area contributed by atoms with Crippen LogP contribution in [0.25, 0.3) is 0 Å². The fourth-order valence-corrected chi connectivity index (χ4v) is 4.13. The summed E-state index contributed by atoms with van der Waals surface area (Å²) >= 11 is 0. The Labute approximate surface area is 128 Å². The average molecular weight is 302 g/mol. The van der Waals surface area contributed by atoms with E-state index in [9.17, 15) is 19.2 Å². The van der Waals surface area contributed by atoms with Crippen molar-refractivity contribution in [2.75, 3.05) is 0 Å². The van der Waals surface area contributed by atoms with E-state index in [0.29, 0.717) is 12.8 Å². The lowest BCUT2D eigenvalue weighted by molar-refractivity contribution is -0.143. The molecular weight excluding hydrogens is 284 g/mol. The van der Waals surface area contributed by atoms with Crippen molar-refractivity contribution in [1.29, 1.82) is 0 Å². The molecule has 6 heteroatoms. The Bertz CT molecular complexity index is 625. The highest BCUT2D eigenvalue weighted by Gasteiger charge is 2.56. The summed E-state index contributed by atoms with van der Waals surface area (Å²) in [5.41, 5.74) is -1.08. The van der Waals surface area contributed by atoms with Gasteiger partial charge in [0.05, 0.1) is 5.54 Å². The summed E-state index contributed by atoms with van der Waals surface area (Å²) in [5, 5.41) is 0. The van der Waals surface area contributed by atoms with Crippen molar-refractivity contribution in [3.05, 3.63) is 24.3 Å². The van der Waals surface area contributed by atoms with Crippen molar-refractivity contribution in [3.8, 4) is 0 Å². The molecule has 0 aromatic rings. The third-order valence-corrected chi connectivity index (χ3v) is 4.88. The van der Waals surface area contributed by atoms with Gasteiger partial charge >= 0.3 is 0 Å². The van der Waals surface area contributed by atoms with Gasteiger partial charge in [0, 0.05) is 30.3 Å². The van der Waals surface area contributed by atoms with Gasteiger partial charge in [0.1, 0.15) is 0 Å². The molecule has 3 rings (SSSR count). The van der Waals surface area contributed by atoms with E-state index in [-0.39, 0.29) is 35.1 Å². The first-order valence-corrected chi connectivity index (χ1v) is 7.27. The predicted molar refractivity (Wildman–Crippen MR) is 77.2 cm³/mol. The minimum Gasteiger partial charge on any atom is -0.272 e. The molecular formula is C16H18N2O4. The van der Waals surface area contributed by atoms with Crippen molar-refractivity contribution < 1.29 is 19.2 Å². The van der Waals surface area contributed by atoms with Crippen LogP contribution in [-0.2, 0) is 19.2 Å². The Morgan fingerprint density at radius 3 is 1.82 bits per heavy atom. The largest absolute Gasteiger partial charge is 0.272 e. The monoisotopic (exact) mass is 302 g/mol. The van der Waals surface area contributed by atoms with E-state index in [1.165, 1.54) is 34.1 Å². The third-order valence-electron chi connectivity index (χ3n) is 4.88. The van der Waals surface area contributed by atoms with Gasteiger partial charge in [-0.15, -0.1) is 0 Å². The molecule has 0 bridgehead atoms. The van der Waals surface area contributed by atoms with E-state index < -0.39 is 5.54 Å². The van der Waals surface area contributed by atoms with Crippen LogP contribution in [0.1, 0.15) is 33.6 Å². The summed E-state index contributed by atoms with van der Waals surface area (Å²) in [4.78, 5) is 50.5. The molecule has 2 heterocycles. The van der Waals surface area contributed by atoms with Crippen LogP contribution in [0.4, 0.5) is 0 Å². The first-order chi connectivity index (χ1) is 10.2. The lowest BCUT2D eigenvalue weighted by Crippen LogP contribution is -2.49. The maximum Gasteiger partial charge on any atom is 0.254 e. The molecule has 116 valence electrons. The van der Waals surface area contributed by atoms with Crippen LogP contribution >= 0.6 is 0 Å². The smallest absolute Gasteiger partial charge is 0.254 e. The first kappa shape index (κ1) is 14.7. The molecule has 1 aliphatic carbocycles. The number of hydrogen-bond donors (Lipinski definition) is 0. The summed E-state index contributed by atoms with van der Waals surface area (Å²) in [6.07, 6.45) is 6.01. The molecule has 22 heavy (non-hydrogen) atoms. The maximum atomic E-state index is 12.0. The topological polar surface area (TPSA) is 74.8 Å². The van der Waals surface area contributed by atoms with Crippen LogP contribution in [0, 0.1) is 5.41 Å². The fourth-order valence-electron chi connectivity index (χ4n) is 4.13. The molecule has 4 amide bonds. The highest BCUT2D eigenvalue weighted by atomic mass is 16.2. The highest BCUT2D eigenvalue weighted by Crippen LogP contribution is 2.50. The Morgan fingerprint density at radius 2 is 1.32 bits per heavy atom. The molecule has 2 unspecified atom stereocenters. The van der Waals surface area contributed by atoms with E-state index in [1.54, 1.807) is 0 Å². The molecule has 0 radical (unpaired) electrons. The number of carbonyl (C=O) groups is 4. The quantitative estimate of drug-likeness (QED) is 0.707. The van der Waals surface area contributed by atoms with Gasteiger partial charge in [-0.2, -0.15) is 0 Å². The zero-order chi connectivity index (χ0) is 16.3. The van der Waals surface area contributed by atoms with Crippen LogP contribution in [0.3, 0.4) is 0 Å². The van der Waals surface area contributed by atoms with Crippen molar-refractivity contribution in [2.45, 2.75) is 45.2 Å². The van der Waals surface area contributed by atoms with Gasteiger partial charge in [-0.05, 0) is 25.2 Å². The minimum absolute atomic E-state index is 0.329. The van der Waals surface area contributed by atoms with Crippen molar-refractivity contribution in [3.63, 3.8) is 0 Å². The number of imide groups is 2. The molecule has 0 saturated heterocycles. The second kappa shape index (κ2) is 4.38. The predicted octanol–water partition coefficient (Wildman–Crippen LogP) is 0.784. The van der Waals surface area contributed by atoms with E-state index in [4.69, 9.17) is 0 Å². The lowest BCUT2D eigenvalue weighted by Gasteiger charge is -2.34. The molecule has 0 N–H and O–H groups in total. The summed E-state index contributed by atoms with van der Waals surface area (Å²) in [6.45, 7) is 5.76. The van der Waals surface area contributed by atoms with E-state index >= 15 is 0 Å². The third kappa shape index (κ3) is 1.94. The number of amides is 4. The summed E-state index contributed by atoms with van der Waals surface area (Å²) in [5.74, 6) is -1.32. The number of hydrogen-bond acceptors (Lipinski definition) is 4. The highest BCUT2D eigenvalue weighted by molar-refractivity contribution is 6.14. The van der Waals surface area contributed by atoms with Crippen LogP contribution in [0.15, 0.2) is 24.3 Å². The van der Waals surface area contributed by atoms with Crippen molar-refractivity contribution in [2.24, 2.45) is 5.41 Å². The Morgan fingerprint density at radius 1 is 0.864 bits per heavy atom. The van der Waals surface area contributed by atoms with Gasteiger partial charge in [-0.3, -0.25) is 29.0 Å². The maximum absolute atomic E-state index is 12.0.